The first-order valence-corrected chi connectivity index (χ1v) is 6.51. The number of alkyl halides is 1. The van der Waals surface area contributed by atoms with Crippen molar-refractivity contribution in [3.8, 4) is 0 Å². The molecule has 4 heteroatoms. The summed E-state index contributed by atoms with van der Waals surface area (Å²) in [7, 11) is 0. The topological polar surface area (TPSA) is 38.3 Å². The fourth-order valence-electron chi connectivity index (χ4n) is 1.64. The highest BCUT2D eigenvalue weighted by atomic mass is 35.5. The van der Waals surface area contributed by atoms with Gasteiger partial charge in [-0.3, -0.25) is 4.79 Å². The maximum atomic E-state index is 11.6. The largest absolute Gasteiger partial charge is 0.378 e. The van der Waals surface area contributed by atoms with Crippen LogP contribution in [-0.4, -0.2) is 31.0 Å². The minimum Gasteiger partial charge on any atom is -0.378 e. The van der Waals surface area contributed by atoms with Gasteiger partial charge in [-0.15, -0.1) is 11.6 Å². The number of nitrogens with one attached hydrogen (secondary N) is 1. The fraction of sp³-hybridized carbons (Fsp3) is 0.917. The van der Waals surface area contributed by atoms with E-state index in [0.717, 1.165) is 25.9 Å². The molecule has 0 spiro atoms. The molecule has 0 aromatic heterocycles. The van der Waals surface area contributed by atoms with Crippen molar-refractivity contribution >= 4 is 17.5 Å². The van der Waals surface area contributed by atoms with Crippen LogP contribution in [0.4, 0.5) is 0 Å². The van der Waals surface area contributed by atoms with Crippen molar-refractivity contribution in [2.24, 2.45) is 5.41 Å². The molecule has 0 aromatic carbocycles. The van der Waals surface area contributed by atoms with E-state index in [1.807, 2.05) is 13.8 Å². The first-order valence-electron chi connectivity index (χ1n) is 5.98. The molecule has 0 bridgehead atoms. The lowest BCUT2D eigenvalue weighted by Gasteiger charge is -2.21. The van der Waals surface area contributed by atoms with Crippen molar-refractivity contribution in [3.05, 3.63) is 0 Å². The third kappa shape index (κ3) is 5.17. The summed E-state index contributed by atoms with van der Waals surface area (Å²) in [6.07, 6.45) is 3.93. The van der Waals surface area contributed by atoms with E-state index < -0.39 is 0 Å². The number of ether oxygens (including phenoxy) is 1. The zero-order chi connectivity index (χ0) is 12.0. The Labute approximate surface area is 103 Å². The molecule has 3 nitrogen and oxygen atoms in total. The Morgan fingerprint density at radius 3 is 2.88 bits per heavy atom. The highest BCUT2D eigenvalue weighted by Crippen LogP contribution is 2.17. The van der Waals surface area contributed by atoms with Crippen molar-refractivity contribution in [2.75, 3.05) is 19.0 Å². The van der Waals surface area contributed by atoms with Crippen molar-refractivity contribution in [1.82, 2.24) is 5.32 Å². The van der Waals surface area contributed by atoms with Crippen molar-refractivity contribution in [1.29, 1.82) is 0 Å². The van der Waals surface area contributed by atoms with Gasteiger partial charge in [0.2, 0.25) is 5.91 Å². The molecule has 1 amide bonds. The molecular weight excluding hydrogens is 226 g/mol. The molecule has 1 unspecified atom stereocenters. The third-order valence-electron chi connectivity index (χ3n) is 2.84. The molecule has 1 heterocycles. The van der Waals surface area contributed by atoms with Crippen LogP contribution in [0, 0.1) is 5.41 Å². The Balaban J connectivity index is 2.10. The minimum atomic E-state index is -0.0267. The van der Waals surface area contributed by atoms with Gasteiger partial charge in [0.15, 0.2) is 0 Å². The van der Waals surface area contributed by atoms with Gasteiger partial charge in [0.25, 0.3) is 0 Å². The number of carbonyl (C=O) groups is 1. The predicted octanol–water partition coefficient (Wildman–Crippen LogP) is 2.33. The van der Waals surface area contributed by atoms with Crippen LogP contribution in [0.15, 0.2) is 0 Å². The van der Waals surface area contributed by atoms with Gasteiger partial charge >= 0.3 is 0 Å². The summed E-state index contributed by atoms with van der Waals surface area (Å²) in [6.45, 7) is 5.58. The van der Waals surface area contributed by atoms with Crippen molar-refractivity contribution in [3.63, 3.8) is 0 Å². The molecular formula is C12H22ClNO2. The second-order valence-corrected chi connectivity index (χ2v) is 5.52. The first-order chi connectivity index (χ1) is 7.53. The van der Waals surface area contributed by atoms with E-state index in [2.05, 4.69) is 5.32 Å². The van der Waals surface area contributed by atoms with Crippen LogP contribution < -0.4 is 5.32 Å². The van der Waals surface area contributed by atoms with E-state index in [0.29, 0.717) is 24.9 Å². The fourth-order valence-corrected chi connectivity index (χ4v) is 1.73. The lowest BCUT2D eigenvalue weighted by molar-refractivity contribution is -0.122. The quantitative estimate of drug-likeness (QED) is 0.732. The van der Waals surface area contributed by atoms with Gasteiger partial charge < -0.3 is 10.1 Å². The molecule has 0 saturated carbocycles. The van der Waals surface area contributed by atoms with Gasteiger partial charge in [-0.25, -0.2) is 0 Å². The van der Waals surface area contributed by atoms with Crippen LogP contribution in [0.1, 0.15) is 39.5 Å². The maximum Gasteiger partial charge on any atom is 0.220 e. The number of halogens is 1. The zero-order valence-electron chi connectivity index (χ0n) is 10.2. The van der Waals surface area contributed by atoms with Gasteiger partial charge in [0.1, 0.15) is 0 Å². The Morgan fingerprint density at radius 1 is 1.56 bits per heavy atom. The van der Waals surface area contributed by atoms with E-state index in [9.17, 15) is 4.79 Å². The van der Waals surface area contributed by atoms with Crippen LogP contribution in [0.5, 0.6) is 0 Å². The average molecular weight is 248 g/mol. The van der Waals surface area contributed by atoms with Crippen LogP contribution in [0.25, 0.3) is 0 Å². The van der Waals surface area contributed by atoms with Gasteiger partial charge in [-0.2, -0.15) is 0 Å². The molecule has 1 fully saturated rings. The molecule has 1 aliphatic heterocycles. The molecule has 0 aromatic rings. The molecule has 1 rings (SSSR count). The standard InChI is InChI=1S/C12H22ClNO2/c1-12(2,8-13)9-14-11(15)6-5-10-4-3-7-16-10/h10H,3-9H2,1-2H3,(H,14,15). The normalized spacial score (nSPS) is 21.1. The Kier molecular flexibility index (Phi) is 5.56. The molecule has 1 atom stereocenters. The minimum absolute atomic E-state index is 0.0267. The first kappa shape index (κ1) is 13.8. The SMILES string of the molecule is CC(C)(CCl)CNC(=O)CCC1CCCO1. The Morgan fingerprint density at radius 2 is 2.31 bits per heavy atom. The highest BCUT2D eigenvalue weighted by Gasteiger charge is 2.19. The number of rotatable bonds is 6. The zero-order valence-corrected chi connectivity index (χ0v) is 11.0. The summed E-state index contributed by atoms with van der Waals surface area (Å²) in [5, 5.41) is 2.92. The van der Waals surface area contributed by atoms with Gasteiger partial charge in [0.05, 0.1) is 6.10 Å². The summed E-state index contributed by atoms with van der Waals surface area (Å²) in [5.41, 5.74) is -0.0267. The summed E-state index contributed by atoms with van der Waals surface area (Å²) >= 11 is 5.79. The summed E-state index contributed by atoms with van der Waals surface area (Å²) < 4.78 is 5.47. The van der Waals surface area contributed by atoms with E-state index >= 15 is 0 Å². The number of amides is 1. The lowest BCUT2D eigenvalue weighted by Crippen LogP contribution is -2.35. The van der Waals surface area contributed by atoms with Crippen LogP contribution >= 0.6 is 11.6 Å². The summed E-state index contributed by atoms with van der Waals surface area (Å²) in [5.74, 6) is 0.660. The maximum absolute atomic E-state index is 11.6. The van der Waals surface area contributed by atoms with Crippen LogP contribution in [0.3, 0.4) is 0 Å². The molecule has 1 aliphatic rings. The molecule has 0 radical (unpaired) electrons. The van der Waals surface area contributed by atoms with E-state index in [4.69, 9.17) is 16.3 Å². The van der Waals surface area contributed by atoms with Crippen LogP contribution in [0.2, 0.25) is 0 Å². The second-order valence-electron chi connectivity index (χ2n) is 5.25. The highest BCUT2D eigenvalue weighted by molar-refractivity contribution is 6.18. The molecule has 94 valence electrons. The third-order valence-corrected chi connectivity index (χ3v) is 3.57. The monoisotopic (exact) mass is 247 g/mol. The number of hydrogen-bond acceptors (Lipinski definition) is 2. The predicted molar refractivity (Wildman–Crippen MR) is 65.7 cm³/mol. The van der Waals surface area contributed by atoms with Crippen LogP contribution in [-0.2, 0) is 9.53 Å². The van der Waals surface area contributed by atoms with Gasteiger partial charge in [-0.05, 0) is 24.7 Å². The van der Waals surface area contributed by atoms with E-state index in [1.165, 1.54) is 0 Å². The molecule has 16 heavy (non-hydrogen) atoms. The molecule has 1 N–H and O–H groups in total. The average Bonchev–Trinajstić information content (AvgIpc) is 2.76. The Bertz CT molecular complexity index is 225. The number of carbonyl (C=O) groups excluding carboxylic acids is 1. The van der Waals surface area contributed by atoms with Crippen molar-refractivity contribution < 1.29 is 9.53 Å². The molecule has 1 saturated heterocycles. The smallest absolute Gasteiger partial charge is 0.220 e. The summed E-state index contributed by atoms with van der Waals surface area (Å²) in [4.78, 5) is 11.6. The lowest BCUT2D eigenvalue weighted by atomic mass is 9.96. The van der Waals surface area contributed by atoms with E-state index in [-0.39, 0.29) is 11.3 Å². The van der Waals surface area contributed by atoms with Gasteiger partial charge in [-0.1, -0.05) is 13.8 Å². The number of hydrogen-bond donors (Lipinski definition) is 1. The Hall–Kier alpha value is -0.280. The van der Waals surface area contributed by atoms with Crippen molar-refractivity contribution in [2.45, 2.75) is 45.6 Å². The molecule has 0 aliphatic carbocycles. The van der Waals surface area contributed by atoms with Gasteiger partial charge in [0, 0.05) is 25.5 Å². The second kappa shape index (κ2) is 6.45. The summed E-state index contributed by atoms with van der Waals surface area (Å²) in [6, 6.07) is 0. The van der Waals surface area contributed by atoms with E-state index in [1.54, 1.807) is 0 Å².